The highest BCUT2D eigenvalue weighted by Crippen LogP contribution is 2.34. The van der Waals surface area contributed by atoms with E-state index in [1.165, 1.54) is 13.1 Å². The van der Waals surface area contributed by atoms with Crippen LogP contribution in [0.3, 0.4) is 0 Å². The first-order chi connectivity index (χ1) is 12.7. The number of carbonyl (C=O) groups excluding carboxylic acids is 2. The van der Waals surface area contributed by atoms with Gasteiger partial charge in [0, 0.05) is 32.4 Å². The lowest BCUT2D eigenvalue weighted by Gasteiger charge is -2.28. The van der Waals surface area contributed by atoms with Gasteiger partial charge in [0.25, 0.3) is 5.91 Å². The summed E-state index contributed by atoms with van der Waals surface area (Å²) in [6, 6.07) is 2.73. The molecule has 1 aliphatic rings. The Morgan fingerprint density at radius 2 is 2.00 bits per heavy atom. The van der Waals surface area contributed by atoms with Gasteiger partial charge in [0.05, 0.1) is 21.8 Å². The molecule has 2 heterocycles. The Labute approximate surface area is 158 Å². The number of rotatable bonds is 2. The van der Waals surface area contributed by atoms with Crippen molar-refractivity contribution in [3.8, 4) is 0 Å². The van der Waals surface area contributed by atoms with E-state index in [9.17, 15) is 22.8 Å². The molecule has 1 aromatic heterocycles. The number of halogens is 4. The Kier molecular flexibility index (Phi) is 5.10. The number of benzene rings is 1. The number of hydrogen-bond donors (Lipinski definition) is 1. The number of amides is 2. The zero-order valence-electron chi connectivity index (χ0n) is 14.2. The molecule has 27 heavy (non-hydrogen) atoms. The van der Waals surface area contributed by atoms with Gasteiger partial charge in [0.2, 0.25) is 5.91 Å². The average Bonchev–Trinajstić information content (AvgIpc) is 2.61. The lowest BCUT2D eigenvalue weighted by atomic mass is 9.96. The molecule has 3 rings (SSSR count). The summed E-state index contributed by atoms with van der Waals surface area (Å²) in [5.74, 6) is -0.678. The minimum absolute atomic E-state index is 0.00290. The highest BCUT2D eigenvalue weighted by Gasteiger charge is 2.31. The van der Waals surface area contributed by atoms with Gasteiger partial charge in [-0.1, -0.05) is 11.6 Å². The van der Waals surface area contributed by atoms with Gasteiger partial charge in [-0.05, 0) is 35.7 Å². The maximum absolute atomic E-state index is 12.9. The summed E-state index contributed by atoms with van der Waals surface area (Å²) in [5.41, 5.74) is 0.675. The lowest BCUT2D eigenvalue weighted by Crippen LogP contribution is -2.35. The zero-order valence-corrected chi connectivity index (χ0v) is 15.0. The van der Waals surface area contributed by atoms with E-state index in [0.29, 0.717) is 19.5 Å². The number of aromatic nitrogens is 1. The Balaban J connectivity index is 1.88. The van der Waals surface area contributed by atoms with Gasteiger partial charge >= 0.3 is 6.18 Å². The van der Waals surface area contributed by atoms with Crippen molar-refractivity contribution in [3.05, 3.63) is 57.9 Å². The molecule has 0 atom stereocenters. The standard InChI is InChI=1S/C18H15ClF3N3O2/c1-10(26)25-5-4-13-11(9-25)7-23-8-14(13)17(27)24-16-6-12(18(20,21)22)2-3-15(16)19/h2-3,6-8H,4-5,9H2,1H3,(H,24,27). The van der Waals surface area contributed by atoms with Crippen molar-refractivity contribution < 1.29 is 22.8 Å². The van der Waals surface area contributed by atoms with E-state index in [1.54, 1.807) is 11.1 Å². The number of nitrogens with one attached hydrogen (secondary N) is 1. The third-order valence-corrected chi connectivity index (χ3v) is 4.70. The van der Waals surface area contributed by atoms with Crippen molar-refractivity contribution in [1.29, 1.82) is 0 Å². The van der Waals surface area contributed by atoms with Crippen LogP contribution >= 0.6 is 11.6 Å². The predicted molar refractivity (Wildman–Crippen MR) is 93.4 cm³/mol. The Hall–Kier alpha value is -2.61. The van der Waals surface area contributed by atoms with Crippen molar-refractivity contribution >= 4 is 29.1 Å². The highest BCUT2D eigenvalue weighted by atomic mass is 35.5. The summed E-state index contributed by atoms with van der Waals surface area (Å²) in [4.78, 5) is 29.8. The van der Waals surface area contributed by atoms with E-state index < -0.39 is 17.6 Å². The van der Waals surface area contributed by atoms with Crippen LogP contribution in [0.25, 0.3) is 0 Å². The summed E-state index contributed by atoms with van der Waals surface area (Å²) >= 11 is 5.93. The molecule has 0 radical (unpaired) electrons. The largest absolute Gasteiger partial charge is 0.416 e. The number of fused-ring (bicyclic) bond motifs is 1. The van der Waals surface area contributed by atoms with Crippen LogP contribution in [0.1, 0.15) is 34.0 Å². The molecule has 9 heteroatoms. The normalized spacial score (nSPS) is 13.9. The summed E-state index contributed by atoms with van der Waals surface area (Å²) in [6.07, 6.45) is -1.15. The highest BCUT2D eigenvalue weighted by molar-refractivity contribution is 6.34. The quantitative estimate of drug-likeness (QED) is 0.835. The second-order valence-corrected chi connectivity index (χ2v) is 6.57. The third-order valence-electron chi connectivity index (χ3n) is 4.37. The van der Waals surface area contributed by atoms with Crippen molar-refractivity contribution in [2.75, 3.05) is 11.9 Å². The number of alkyl halides is 3. The van der Waals surface area contributed by atoms with Crippen LogP contribution in [0.15, 0.2) is 30.6 Å². The summed E-state index contributed by atoms with van der Waals surface area (Å²) in [5, 5.41) is 2.43. The van der Waals surface area contributed by atoms with E-state index in [2.05, 4.69) is 10.3 Å². The Morgan fingerprint density at radius 3 is 2.67 bits per heavy atom. The van der Waals surface area contributed by atoms with Crippen molar-refractivity contribution in [2.24, 2.45) is 0 Å². The topological polar surface area (TPSA) is 62.3 Å². The van der Waals surface area contributed by atoms with Gasteiger partial charge in [-0.2, -0.15) is 13.2 Å². The molecule has 0 saturated heterocycles. The van der Waals surface area contributed by atoms with Crippen LogP contribution in [0.2, 0.25) is 5.02 Å². The van der Waals surface area contributed by atoms with Crippen molar-refractivity contribution in [1.82, 2.24) is 9.88 Å². The van der Waals surface area contributed by atoms with Crippen molar-refractivity contribution in [2.45, 2.75) is 26.1 Å². The zero-order chi connectivity index (χ0) is 19.8. The Morgan fingerprint density at radius 1 is 1.26 bits per heavy atom. The van der Waals surface area contributed by atoms with Crippen LogP contribution in [0, 0.1) is 0 Å². The first-order valence-corrected chi connectivity index (χ1v) is 8.44. The number of nitrogens with zero attached hydrogens (tertiary/aromatic N) is 2. The molecule has 0 saturated carbocycles. The molecule has 0 bridgehead atoms. The fourth-order valence-electron chi connectivity index (χ4n) is 2.95. The molecule has 0 fully saturated rings. The van der Waals surface area contributed by atoms with Crippen LogP contribution < -0.4 is 5.32 Å². The second-order valence-electron chi connectivity index (χ2n) is 6.16. The predicted octanol–water partition coefficient (Wildman–Crippen LogP) is 3.91. The molecule has 5 nitrogen and oxygen atoms in total. The van der Waals surface area contributed by atoms with E-state index in [0.717, 1.165) is 29.3 Å². The fraction of sp³-hybridized carbons (Fsp3) is 0.278. The number of carbonyl (C=O) groups is 2. The molecular weight excluding hydrogens is 383 g/mol. The van der Waals surface area contributed by atoms with Gasteiger partial charge in [0.15, 0.2) is 0 Å². The molecule has 2 aromatic rings. The van der Waals surface area contributed by atoms with Crippen LogP contribution in [-0.2, 0) is 23.9 Å². The first kappa shape index (κ1) is 19.2. The second kappa shape index (κ2) is 7.19. The molecule has 0 aliphatic carbocycles. The maximum Gasteiger partial charge on any atom is 0.416 e. The smallest absolute Gasteiger partial charge is 0.338 e. The van der Waals surface area contributed by atoms with Crippen LogP contribution in [-0.4, -0.2) is 28.2 Å². The first-order valence-electron chi connectivity index (χ1n) is 8.06. The van der Waals surface area contributed by atoms with E-state index in [1.807, 2.05) is 0 Å². The van der Waals surface area contributed by atoms with Gasteiger partial charge < -0.3 is 10.2 Å². The molecular formula is C18H15ClF3N3O2. The van der Waals surface area contributed by atoms with Gasteiger partial charge in [0.1, 0.15) is 0 Å². The van der Waals surface area contributed by atoms with Crippen LogP contribution in [0.4, 0.5) is 18.9 Å². The lowest BCUT2D eigenvalue weighted by molar-refractivity contribution is -0.137. The molecule has 0 spiro atoms. The third kappa shape index (κ3) is 4.05. The van der Waals surface area contributed by atoms with Crippen LogP contribution in [0.5, 0.6) is 0 Å². The fourth-order valence-corrected chi connectivity index (χ4v) is 3.11. The maximum atomic E-state index is 12.9. The Bertz CT molecular complexity index is 915. The minimum atomic E-state index is -4.55. The molecule has 1 aliphatic heterocycles. The van der Waals surface area contributed by atoms with Gasteiger partial charge in [-0.3, -0.25) is 14.6 Å². The number of pyridine rings is 1. The number of hydrogen-bond acceptors (Lipinski definition) is 3. The van der Waals surface area contributed by atoms with Crippen molar-refractivity contribution in [3.63, 3.8) is 0 Å². The molecule has 142 valence electrons. The van der Waals surface area contributed by atoms with E-state index >= 15 is 0 Å². The summed E-state index contributed by atoms with van der Waals surface area (Å²) in [6.45, 7) is 2.25. The van der Waals surface area contributed by atoms with Gasteiger partial charge in [-0.25, -0.2) is 0 Å². The monoisotopic (exact) mass is 397 g/mol. The SMILES string of the molecule is CC(=O)N1CCc2c(cncc2C(=O)Nc2cc(C(F)(F)F)ccc2Cl)C1. The molecule has 1 aromatic carbocycles. The molecule has 1 N–H and O–H groups in total. The van der Waals surface area contributed by atoms with E-state index in [4.69, 9.17) is 11.6 Å². The summed E-state index contributed by atoms with van der Waals surface area (Å²) < 4.78 is 38.7. The van der Waals surface area contributed by atoms with E-state index in [-0.39, 0.29) is 22.2 Å². The molecule has 0 unspecified atom stereocenters. The summed E-state index contributed by atoms with van der Waals surface area (Å²) in [7, 11) is 0. The van der Waals surface area contributed by atoms with Gasteiger partial charge in [-0.15, -0.1) is 0 Å². The average molecular weight is 398 g/mol. The minimum Gasteiger partial charge on any atom is -0.338 e. The number of anilines is 1. The molecule has 2 amide bonds.